The van der Waals surface area contributed by atoms with Gasteiger partial charge in [0.25, 0.3) is 0 Å². The summed E-state index contributed by atoms with van der Waals surface area (Å²) in [5, 5.41) is 7.06. The number of rotatable bonds is 5. The van der Waals surface area contributed by atoms with E-state index < -0.39 is 10.0 Å². The van der Waals surface area contributed by atoms with Gasteiger partial charge in [0.2, 0.25) is 10.0 Å². The monoisotopic (exact) mass is 414 g/mol. The normalized spacial score (nSPS) is 43.0. The lowest BCUT2D eigenvalue weighted by Crippen LogP contribution is -2.54. The van der Waals surface area contributed by atoms with E-state index in [0.29, 0.717) is 24.2 Å². The Morgan fingerprint density at radius 3 is 2.61 bits per heavy atom. The minimum absolute atomic E-state index is 0.0179. The van der Waals surface area contributed by atoms with E-state index in [4.69, 9.17) is 4.74 Å². The van der Waals surface area contributed by atoms with Crippen LogP contribution in [0.2, 0.25) is 0 Å². The first-order chi connectivity index (χ1) is 13.5. The minimum atomic E-state index is -3.29. The van der Waals surface area contributed by atoms with Crippen molar-refractivity contribution >= 4 is 10.0 Å². The van der Waals surface area contributed by atoms with Crippen LogP contribution in [0.3, 0.4) is 0 Å². The number of fused-ring (bicyclic) bond motifs is 1. The number of methoxy groups -OCH3 is 1. The highest BCUT2D eigenvalue weighted by molar-refractivity contribution is 7.90. The second-order valence-electron chi connectivity index (χ2n) is 9.48. The molecule has 5 unspecified atom stereocenters. The van der Waals surface area contributed by atoms with Crippen molar-refractivity contribution in [2.75, 3.05) is 26.7 Å². The minimum Gasteiger partial charge on any atom is -0.380 e. The summed E-state index contributed by atoms with van der Waals surface area (Å²) >= 11 is 0. The summed E-state index contributed by atoms with van der Waals surface area (Å²) in [5.41, 5.74) is 0. The zero-order valence-corrected chi connectivity index (χ0v) is 18.2. The number of nitrogens with zero attached hydrogens (tertiary/aromatic N) is 1. The first kappa shape index (κ1) is 21.0. The van der Waals surface area contributed by atoms with Gasteiger partial charge in [-0.15, -0.1) is 0 Å². The number of sulfonamides is 1. The molecule has 28 heavy (non-hydrogen) atoms. The zero-order valence-electron chi connectivity index (χ0n) is 17.4. The van der Waals surface area contributed by atoms with E-state index in [1.165, 1.54) is 6.42 Å². The second-order valence-corrected chi connectivity index (χ2v) is 11.5. The van der Waals surface area contributed by atoms with E-state index in [9.17, 15) is 8.42 Å². The van der Waals surface area contributed by atoms with Crippen molar-refractivity contribution < 1.29 is 13.2 Å². The lowest BCUT2D eigenvalue weighted by molar-refractivity contribution is 0.0294. The summed E-state index contributed by atoms with van der Waals surface area (Å²) in [5.74, 6) is 1.13. The molecule has 162 valence electrons. The van der Waals surface area contributed by atoms with Crippen LogP contribution >= 0.6 is 0 Å². The van der Waals surface area contributed by atoms with Crippen LogP contribution in [0, 0.1) is 11.8 Å². The fourth-order valence-corrected chi connectivity index (χ4v) is 7.48. The van der Waals surface area contributed by atoms with Gasteiger partial charge in [0.1, 0.15) is 6.29 Å². The predicted octanol–water partition coefficient (Wildman–Crippen LogP) is 1.22. The van der Waals surface area contributed by atoms with Gasteiger partial charge in [-0.25, -0.2) is 13.1 Å². The fourth-order valence-electron chi connectivity index (χ4n) is 5.73. The van der Waals surface area contributed by atoms with Crippen LogP contribution in [0.4, 0.5) is 0 Å². The SMILES string of the molecule is COC1CCC(C2CN3CCCNC3N2)CC1NS(=O)(=O)C1CCC(C)CC1. The Bertz CT molecular complexity index is 609. The summed E-state index contributed by atoms with van der Waals surface area (Å²) in [6.45, 7) is 5.49. The average molecular weight is 415 g/mol. The van der Waals surface area contributed by atoms with Crippen molar-refractivity contribution in [1.29, 1.82) is 0 Å². The van der Waals surface area contributed by atoms with Crippen molar-refractivity contribution in [3.63, 3.8) is 0 Å². The van der Waals surface area contributed by atoms with Gasteiger partial charge in [0, 0.05) is 32.3 Å². The number of ether oxygens (including phenoxy) is 1. The van der Waals surface area contributed by atoms with Crippen LogP contribution < -0.4 is 15.4 Å². The topological polar surface area (TPSA) is 82.7 Å². The smallest absolute Gasteiger partial charge is 0.214 e. The highest BCUT2D eigenvalue weighted by Crippen LogP contribution is 2.33. The van der Waals surface area contributed by atoms with Gasteiger partial charge >= 0.3 is 0 Å². The Kier molecular flexibility index (Phi) is 6.64. The van der Waals surface area contributed by atoms with E-state index in [1.807, 2.05) is 0 Å². The Labute approximate surface area is 170 Å². The van der Waals surface area contributed by atoms with E-state index in [0.717, 1.165) is 64.6 Å². The number of hydrogen-bond acceptors (Lipinski definition) is 6. The molecule has 4 rings (SSSR count). The quantitative estimate of drug-likeness (QED) is 0.628. The molecule has 8 heteroatoms. The molecule has 2 aliphatic carbocycles. The number of nitrogens with one attached hydrogen (secondary N) is 3. The molecule has 7 nitrogen and oxygen atoms in total. The standard InChI is InChI=1S/C20H38N4O3S/c1-14-4-7-16(8-5-14)28(25,26)23-17-12-15(6-9-19(17)27-2)18-13-24-11-3-10-21-20(24)22-18/h14-23H,3-13H2,1-2H3. The highest BCUT2D eigenvalue weighted by atomic mass is 32.2. The number of hydrogen-bond donors (Lipinski definition) is 3. The molecule has 0 radical (unpaired) electrons. The third-order valence-electron chi connectivity index (χ3n) is 7.54. The molecule has 0 aromatic carbocycles. The van der Waals surface area contributed by atoms with Gasteiger partial charge in [-0.05, 0) is 69.7 Å². The summed E-state index contributed by atoms with van der Waals surface area (Å²) < 4.78 is 34.9. The van der Waals surface area contributed by atoms with Gasteiger partial charge in [-0.1, -0.05) is 6.92 Å². The molecular formula is C20H38N4O3S. The fraction of sp³-hybridized carbons (Fsp3) is 1.00. The molecule has 0 bridgehead atoms. The van der Waals surface area contributed by atoms with Crippen molar-refractivity contribution in [3.05, 3.63) is 0 Å². The van der Waals surface area contributed by atoms with Crippen LogP contribution in [-0.2, 0) is 14.8 Å². The van der Waals surface area contributed by atoms with E-state index in [1.54, 1.807) is 7.11 Å². The summed E-state index contributed by atoms with van der Waals surface area (Å²) in [7, 11) is -1.58. The third-order valence-corrected chi connectivity index (χ3v) is 9.53. The second kappa shape index (κ2) is 8.86. The maximum atomic E-state index is 13.1. The molecule has 5 atom stereocenters. The summed E-state index contributed by atoms with van der Waals surface area (Å²) in [4.78, 5) is 2.49. The third kappa shape index (κ3) is 4.57. The van der Waals surface area contributed by atoms with E-state index in [2.05, 4.69) is 27.2 Å². The van der Waals surface area contributed by atoms with Gasteiger partial charge in [0.05, 0.1) is 11.4 Å². The molecule has 0 spiro atoms. The molecular weight excluding hydrogens is 376 g/mol. The van der Waals surface area contributed by atoms with Crippen LogP contribution in [0.5, 0.6) is 0 Å². The van der Waals surface area contributed by atoms with Crippen molar-refractivity contribution in [2.24, 2.45) is 11.8 Å². The van der Waals surface area contributed by atoms with Gasteiger partial charge in [0.15, 0.2) is 0 Å². The van der Waals surface area contributed by atoms with E-state index in [-0.39, 0.29) is 17.4 Å². The molecule has 0 aromatic heterocycles. The maximum absolute atomic E-state index is 13.1. The molecule has 2 aliphatic heterocycles. The lowest BCUT2D eigenvalue weighted by Gasteiger charge is -2.39. The van der Waals surface area contributed by atoms with Gasteiger partial charge in [-0.3, -0.25) is 15.5 Å². The van der Waals surface area contributed by atoms with Crippen LogP contribution in [0.15, 0.2) is 0 Å². The Morgan fingerprint density at radius 2 is 1.89 bits per heavy atom. The predicted molar refractivity (Wildman–Crippen MR) is 110 cm³/mol. The largest absolute Gasteiger partial charge is 0.380 e. The first-order valence-corrected chi connectivity index (χ1v) is 12.8. The lowest BCUT2D eigenvalue weighted by atomic mass is 9.80. The summed E-state index contributed by atoms with van der Waals surface area (Å²) in [6.07, 6.45) is 7.96. The molecule has 2 saturated heterocycles. The zero-order chi connectivity index (χ0) is 19.7. The average Bonchev–Trinajstić information content (AvgIpc) is 3.12. The van der Waals surface area contributed by atoms with Gasteiger partial charge in [-0.2, -0.15) is 0 Å². The maximum Gasteiger partial charge on any atom is 0.214 e. The molecule has 0 amide bonds. The van der Waals surface area contributed by atoms with Crippen LogP contribution in [0.25, 0.3) is 0 Å². The molecule has 4 aliphatic rings. The molecule has 2 saturated carbocycles. The highest BCUT2D eigenvalue weighted by Gasteiger charge is 2.42. The summed E-state index contributed by atoms with van der Waals surface area (Å²) in [6, 6.07) is 0.316. The Morgan fingerprint density at radius 1 is 1.11 bits per heavy atom. The van der Waals surface area contributed by atoms with Crippen molar-refractivity contribution in [3.8, 4) is 0 Å². The molecule has 4 fully saturated rings. The van der Waals surface area contributed by atoms with E-state index >= 15 is 0 Å². The van der Waals surface area contributed by atoms with Crippen molar-refractivity contribution in [1.82, 2.24) is 20.3 Å². The molecule has 3 N–H and O–H groups in total. The van der Waals surface area contributed by atoms with Crippen LogP contribution in [0.1, 0.15) is 58.3 Å². The molecule has 2 heterocycles. The Hall–Kier alpha value is -0.250. The van der Waals surface area contributed by atoms with Crippen LogP contribution in [-0.4, -0.2) is 69.8 Å². The van der Waals surface area contributed by atoms with Crippen molar-refractivity contribution in [2.45, 2.75) is 88.0 Å². The Balaban J connectivity index is 1.39. The molecule has 0 aromatic rings. The van der Waals surface area contributed by atoms with Gasteiger partial charge < -0.3 is 4.74 Å². The first-order valence-electron chi connectivity index (χ1n) is 11.2.